The molecule has 166 valence electrons. The van der Waals surface area contributed by atoms with Crippen molar-refractivity contribution in [3.8, 4) is 5.75 Å². The van der Waals surface area contributed by atoms with Crippen LogP contribution in [0.4, 0.5) is 0 Å². The molecule has 1 aromatic carbocycles. The van der Waals surface area contributed by atoms with Crippen LogP contribution in [-0.4, -0.2) is 39.9 Å². The number of fused-ring (bicyclic) bond motifs is 1. The Balaban J connectivity index is 1.24. The van der Waals surface area contributed by atoms with Crippen LogP contribution >= 0.6 is 0 Å². The van der Waals surface area contributed by atoms with E-state index in [9.17, 15) is 9.59 Å². The fourth-order valence-corrected chi connectivity index (χ4v) is 4.92. The molecule has 1 aromatic heterocycles. The molecule has 0 bridgehead atoms. The average molecular weight is 433 g/mol. The Morgan fingerprint density at radius 1 is 1.19 bits per heavy atom. The van der Waals surface area contributed by atoms with Gasteiger partial charge in [-0.05, 0) is 68.0 Å². The maximum atomic E-state index is 12.9. The van der Waals surface area contributed by atoms with E-state index in [4.69, 9.17) is 4.74 Å². The minimum absolute atomic E-state index is 0.0834. The Labute approximate surface area is 187 Å². The smallest absolute Gasteiger partial charge is 0.255 e. The molecule has 2 fully saturated rings. The minimum atomic E-state index is -0.445. The van der Waals surface area contributed by atoms with Crippen molar-refractivity contribution in [1.29, 1.82) is 0 Å². The largest absolute Gasteiger partial charge is 0.489 e. The van der Waals surface area contributed by atoms with Crippen molar-refractivity contribution in [3.05, 3.63) is 71.7 Å². The summed E-state index contributed by atoms with van der Waals surface area (Å²) in [6.07, 6.45) is 6.37. The van der Waals surface area contributed by atoms with Gasteiger partial charge in [0.15, 0.2) is 0 Å². The molecule has 32 heavy (non-hydrogen) atoms. The topological polar surface area (TPSA) is 83.6 Å². The lowest BCUT2D eigenvalue weighted by molar-refractivity contribution is -0.126. The third kappa shape index (κ3) is 4.12. The highest BCUT2D eigenvalue weighted by Gasteiger charge is 2.38. The number of piperidine rings is 1. The number of rotatable bonds is 6. The number of carbonyl (C=O) groups is 2. The first kappa shape index (κ1) is 20.7. The number of benzene rings is 1. The zero-order valence-corrected chi connectivity index (χ0v) is 18.0. The molecule has 1 saturated heterocycles. The molecule has 1 aliphatic carbocycles. The molecular formula is C25H28N4O3. The van der Waals surface area contributed by atoms with Crippen LogP contribution in [0.2, 0.25) is 0 Å². The first-order valence-electron chi connectivity index (χ1n) is 11.3. The Morgan fingerprint density at radius 2 is 2.09 bits per heavy atom. The molecule has 7 nitrogen and oxygen atoms in total. The van der Waals surface area contributed by atoms with E-state index in [1.54, 1.807) is 4.90 Å². The van der Waals surface area contributed by atoms with E-state index < -0.39 is 6.04 Å². The molecule has 5 rings (SSSR count). The van der Waals surface area contributed by atoms with Crippen molar-refractivity contribution in [2.45, 2.75) is 63.4 Å². The number of amides is 2. The number of ether oxygens (including phenoxy) is 1. The maximum absolute atomic E-state index is 12.9. The van der Waals surface area contributed by atoms with Crippen LogP contribution < -0.4 is 15.4 Å². The van der Waals surface area contributed by atoms with E-state index >= 15 is 0 Å². The fourth-order valence-electron chi connectivity index (χ4n) is 4.92. The normalized spacial score (nSPS) is 25.1. The third-order valence-corrected chi connectivity index (χ3v) is 6.62. The molecule has 0 spiro atoms. The number of hydrogen-bond acceptors (Lipinski definition) is 5. The predicted octanol–water partition coefficient (Wildman–Crippen LogP) is 2.92. The first-order valence-corrected chi connectivity index (χ1v) is 11.3. The summed E-state index contributed by atoms with van der Waals surface area (Å²) in [4.78, 5) is 31.3. The van der Waals surface area contributed by atoms with Gasteiger partial charge in [0, 0.05) is 36.6 Å². The summed E-state index contributed by atoms with van der Waals surface area (Å²) < 4.78 is 6.35. The summed E-state index contributed by atoms with van der Waals surface area (Å²) in [7, 11) is 0. The van der Waals surface area contributed by atoms with Gasteiger partial charge in [0.2, 0.25) is 5.91 Å². The van der Waals surface area contributed by atoms with Crippen LogP contribution in [0, 0.1) is 0 Å². The van der Waals surface area contributed by atoms with Crippen molar-refractivity contribution in [3.63, 3.8) is 0 Å². The molecule has 2 N–H and O–H groups in total. The van der Waals surface area contributed by atoms with Crippen molar-refractivity contribution < 1.29 is 14.3 Å². The zero-order valence-electron chi connectivity index (χ0n) is 18.0. The average Bonchev–Trinajstić information content (AvgIpc) is 3.37. The van der Waals surface area contributed by atoms with Crippen molar-refractivity contribution in [1.82, 2.24) is 20.5 Å². The molecule has 1 unspecified atom stereocenters. The Morgan fingerprint density at radius 3 is 2.91 bits per heavy atom. The lowest BCUT2D eigenvalue weighted by Crippen LogP contribution is -2.49. The maximum Gasteiger partial charge on any atom is 0.255 e. The summed E-state index contributed by atoms with van der Waals surface area (Å²) in [6.45, 7) is 4.97. The van der Waals surface area contributed by atoms with Crippen LogP contribution in [-0.2, 0) is 17.9 Å². The van der Waals surface area contributed by atoms with Gasteiger partial charge in [-0.2, -0.15) is 0 Å². The second-order valence-electron chi connectivity index (χ2n) is 8.79. The molecule has 7 heteroatoms. The number of hydrogen-bond donors (Lipinski definition) is 2. The van der Waals surface area contributed by atoms with Gasteiger partial charge in [0.05, 0.1) is 5.69 Å². The van der Waals surface area contributed by atoms with Crippen LogP contribution in [0.25, 0.3) is 0 Å². The summed E-state index contributed by atoms with van der Waals surface area (Å²) in [5, 5.41) is 6.36. The molecule has 3 aliphatic rings. The van der Waals surface area contributed by atoms with E-state index in [2.05, 4.69) is 22.2 Å². The summed E-state index contributed by atoms with van der Waals surface area (Å²) in [5.41, 5.74) is 3.31. The van der Waals surface area contributed by atoms with Crippen molar-refractivity contribution >= 4 is 11.8 Å². The van der Waals surface area contributed by atoms with E-state index in [0.717, 1.165) is 42.8 Å². The standard InChI is InChI=1S/C25H28N4O3/c1-16-8-11-22(24(30)28-16)29-15-17-13-19(9-10-20(17)25(29)31)32-23-7-4-6-21(23)27-14-18-5-2-3-12-26-18/h2-3,5,9-10,12-13,21-23,27H,1,4,6-8,11,14-15H2,(H,28,30)/t21-,22?,23+/m0/s1. The lowest BCUT2D eigenvalue weighted by atomic mass is 10.0. The van der Waals surface area contributed by atoms with E-state index in [1.165, 1.54) is 0 Å². The second kappa shape index (κ2) is 8.74. The molecule has 0 radical (unpaired) electrons. The third-order valence-electron chi connectivity index (χ3n) is 6.62. The highest BCUT2D eigenvalue weighted by atomic mass is 16.5. The number of allylic oxidation sites excluding steroid dienone is 1. The fraction of sp³-hybridized carbons (Fsp3) is 0.400. The lowest BCUT2D eigenvalue weighted by Gasteiger charge is -2.30. The van der Waals surface area contributed by atoms with E-state index in [-0.39, 0.29) is 24.0 Å². The van der Waals surface area contributed by atoms with E-state index in [0.29, 0.717) is 30.6 Å². The number of carbonyl (C=O) groups excluding carboxylic acids is 2. The molecule has 1 saturated carbocycles. The zero-order chi connectivity index (χ0) is 22.1. The summed E-state index contributed by atoms with van der Waals surface area (Å²) in [5.74, 6) is 0.540. The highest BCUT2D eigenvalue weighted by Crippen LogP contribution is 2.32. The molecule has 2 amide bonds. The first-order chi connectivity index (χ1) is 15.6. The number of pyridine rings is 1. The van der Waals surface area contributed by atoms with Gasteiger partial charge >= 0.3 is 0 Å². The molecule has 3 atom stereocenters. The highest BCUT2D eigenvalue weighted by molar-refractivity contribution is 6.01. The Bertz CT molecular complexity index is 1040. The monoisotopic (exact) mass is 432 g/mol. The minimum Gasteiger partial charge on any atom is -0.489 e. The van der Waals surface area contributed by atoms with Gasteiger partial charge in [0.25, 0.3) is 5.91 Å². The number of nitrogens with zero attached hydrogens (tertiary/aromatic N) is 2. The number of aromatic nitrogens is 1. The van der Waals surface area contributed by atoms with Gasteiger partial charge in [0.1, 0.15) is 17.9 Å². The van der Waals surface area contributed by atoms with Crippen LogP contribution in [0.5, 0.6) is 5.75 Å². The molecule has 2 aromatic rings. The van der Waals surface area contributed by atoms with Gasteiger partial charge in [-0.15, -0.1) is 0 Å². The second-order valence-corrected chi connectivity index (χ2v) is 8.79. The van der Waals surface area contributed by atoms with Gasteiger partial charge < -0.3 is 20.3 Å². The molecular weight excluding hydrogens is 404 g/mol. The summed E-state index contributed by atoms with van der Waals surface area (Å²) >= 11 is 0. The summed E-state index contributed by atoms with van der Waals surface area (Å²) in [6, 6.07) is 11.4. The molecule has 2 aliphatic heterocycles. The predicted molar refractivity (Wildman–Crippen MR) is 120 cm³/mol. The van der Waals surface area contributed by atoms with Crippen molar-refractivity contribution in [2.75, 3.05) is 0 Å². The van der Waals surface area contributed by atoms with Gasteiger partial charge in [-0.25, -0.2) is 0 Å². The Hall–Kier alpha value is -3.19. The SMILES string of the molecule is C=C1CCC(N2Cc3cc(O[C@@H]4CCC[C@@H]4NCc4ccccn4)ccc3C2=O)C(=O)N1. The van der Waals surface area contributed by atoms with Gasteiger partial charge in [-0.3, -0.25) is 14.6 Å². The van der Waals surface area contributed by atoms with Crippen LogP contribution in [0.1, 0.15) is 53.7 Å². The molecule has 3 heterocycles. The van der Waals surface area contributed by atoms with Crippen LogP contribution in [0.3, 0.4) is 0 Å². The number of nitrogens with one attached hydrogen (secondary N) is 2. The quantitative estimate of drug-likeness (QED) is 0.733. The van der Waals surface area contributed by atoms with Gasteiger partial charge in [-0.1, -0.05) is 12.6 Å². The van der Waals surface area contributed by atoms with Crippen molar-refractivity contribution in [2.24, 2.45) is 0 Å². The van der Waals surface area contributed by atoms with Crippen LogP contribution in [0.15, 0.2) is 54.9 Å². The van der Waals surface area contributed by atoms with E-state index in [1.807, 2.05) is 42.6 Å². The Kier molecular flexibility index (Phi) is 5.66.